The number of rotatable bonds is 4. The van der Waals surface area contributed by atoms with Gasteiger partial charge < -0.3 is 10.6 Å². The molecule has 1 aliphatic rings. The molecular weight excluding hydrogens is 357 g/mol. The van der Waals surface area contributed by atoms with E-state index in [-0.39, 0.29) is 5.91 Å². The topological polar surface area (TPSA) is 49.6 Å². The van der Waals surface area contributed by atoms with E-state index in [0.717, 1.165) is 31.1 Å². The van der Waals surface area contributed by atoms with Crippen molar-refractivity contribution in [2.75, 3.05) is 38.5 Å². The van der Waals surface area contributed by atoms with Crippen molar-refractivity contribution in [3.63, 3.8) is 0 Å². The zero-order chi connectivity index (χ0) is 17.8. The van der Waals surface area contributed by atoms with Crippen LogP contribution in [0.2, 0.25) is 10.0 Å². The van der Waals surface area contributed by atoms with Gasteiger partial charge in [-0.2, -0.15) is 0 Å². The van der Waals surface area contributed by atoms with Crippen LogP contribution in [-0.2, 0) is 6.42 Å². The first-order valence-corrected chi connectivity index (χ1v) is 9.09. The van der Waals surface area contributed by atoms with Crippen molar-refractivity contribution >= 4 is 34.8 Å². The lowest BCUT2D eigenvalue weighted by molar-refractivity contribution is 0.0638. The van der Waals surface area contributed by atoms with Gasteiger partial charge in [0.05, 0.1) is 10.6 Å². The van der Waals surface area contributed by atoms with Crippen LogP contribution in [0, 0.1) is 0 Å². The number of hydrogen-bond acceptors (Lipinski definition) is 3. The number of nitrogen functional groups attached to an aromatic ring is 1. The number of carbonyl (C=O) groups excluding carboxylic acids is 1. The summed E-state index contributed by atoms with van der Waals surface area (Å²) in [6, 6.07) is 13.0. The SMILES string of the molecule is Nc1ccc(C(=O)N2CCN(CCc3ccc(Cl)cc3)CC2)c(Cl)c1. The van der Waals surface area contributed by atoms with Crippen LogP contribution in [0.25, 0.3) is 0 Å². The fraction of sp³-hybridized carbons (Fsp3) is 0.316. The van der Waals surface area contributed by atoms with Gasteiger partial charge in [-0.05, 0) is 42.3 Å². The maximum atomic E-state index is 12.6. The van der Waals surface area contributed by atoms with E-state index in [1.165, 1.54) is 5.56 Å². The summed E-state index contributed by atoms with van der Waals surface area (Å²) in [5.74, 6) is -0.0256. The Morgan fingerprint density at radius 3 is 2.32 bits per heavy atom. The van der Waals surface area contributed by atoms with Gasteiger partial charge in [0.1, 0.15) is 0 Å². The molecule has 2 N–H and O–H groups in total. The highest BCUT2D eigenvalue weighted by Crippen LogP contribution is 2.21. The smallest absolute Gasteiger partial charge is 0.255 e. The maximum Gasteiger partial charge on any atom is 0.255 e. The van der Waals surface area contributed by atoms with E-state index >= 15 is 0 Å². The average Bonchev–Trinajstić information content (AvgIpc) is 2.61. The van der Waals surface area contributed by atoms with Crippen molar-refractivity contribution in [3.8, 4) is 0 Å². The molecule has 0 aliphatic carbocycles. The van der Waals surface area contributed by atoms with Gasteiger partial charge in [0.15, 0.2) is 0 Å². The van der Waals surface area contributed by atoms with Crippen LogP contribution in [0.3, 0.4) is 0 Å². The molecule has 0 saturated carbocycles. The fourth-order valence-electron chi connectivity index (χ4n) is 2.99. The molecule has 0 radical (unpaired) electrons. The number of nitrogens with zero attached hydrogens (tertiary/aromatic N) is 2. The van der Waals surface area contributed by atoms with Crippen LogP contribution in [-0.4, -0.2) is 48.4 Å². The number of anilines is 1. The van der Waals surface area contributed by atoms with Gasteiger partial charge >= 0.3 is 0 Å². The molecule has 132 valence electrons. The second-order valence-electron chi connectivity index (χ2n) is 6.25. The van der Waals surface area contributed by atoms with Gasteiger partial charge in [0.2, 0.25) is 0 Å². The first kappa shape index (κ1) is 18.1. The molecular formula is C19H21Cl2N3O. The highest BCUT2D eigenvalue weighted by atomic mass is 35.5. The summed E-state index contributed by atoms with van der Waals surface area (Å²) >= 11 is 12.1. The van der Waals surface area contributed by atoms with Gasteiger partial charge in [-0.25, -0.2) is 0 Å². The largest absolute Gasteiger partial charge is 0.399 e. The van der Waals surface area contributed by atoms with E-state index in [9.17, 15) is 4.79 Å². The van der Waals surface area contributed by atoms with Crippen LogP contribution in [0.1, 0.15) is 15.9 Å². The predicted molar refractivity (Wildman–Crippen MR) is 103 cm³/mol. The monoisotopic (exact) mass is 377 g/mol. The molecule has 2 aromatic carbocycles. The van der Waals surface area contributed by atoms with E-state index in [1.54, 1.807) is 18.2 Å². The van der Waals surface area contributed by atoms with Crippen molar-refractivity contribution in [2.24, 2.45) is 0 Å². The standard InChI is InChI=1S/C19H21Cl2N3O/c20-15-3-1-14(2-4-15)7-8-23-9-11-24(12-10-23)19(25)17-6-5-16(22)13-18(17)21/h1-6,13H,7-12,22H2. The summed E-state index contributed by atoms with van der Waals surface area (Å²) in [4.78, 5) is 16.9. The lowest BCUT2D eigenvalue weighted by Crippen LogP contribution is -2.49. The second-order valence-corrected chi connectivity index (χ2v) is 7.09. The Hall–Kier alpha value is -1.75. The van der Waals surface area contributed by atoms with Crippen LogP contribution < -0.4 is 5.73 Å². The van der Waals surface area contributed by atoms with Gasteiger partial charge in [-0.15, -0.1) is 0 Å². The summed E-state index contributed by atoms with van der Waals surface area (Å²) in [7, 11) is 0. The minimum atomic E-state index is -0.0256. The Labute approximate surface area is 158 Å². The molecule has 0 atom stereocenters. The van der Waals surface area contributed by atoms with Crippen molar-refractivity contribution in [3.05, 3.63) is 63.6 Å². The van der Waals surface area contributed by atoms with Crippen LogP contribution in [0.4, 0.5) is 5.69 Å². The van der Waals surface area contributed by atoms with Crippen molar-refractivity contribution in [1.82, 2.24) is 9.80 Å². The zero-order valence-electron chi connectivity index (χ0n) is 13.9. The summed E-state index contributed by atoms with van der Waals surface area (Å²) < 4.78 is 0. The number of nitrogens with two attached hydrogens (primary N) is 1. The molecule has 4 nitrogen and oxygen atoms in total. The fourth-order valence-corrected chi connectivity index (χ4v) is 3.38. The van der Waals surface area contributed by atoms with Gasteiger partial charge in [-0.1, -0.05) is 35.3 Å². The van der Waals surface area contributed by atoms with Crippen molar-refractivity contribution in [2.45, 2.75) is 6.42 Å². The summed E-state index contributed by atoms with van der Waals surface area (Å²) in [5.41, 5.74) is 8.05. The highest BCUT2D eigenvalue weighted by molar-refractivity contribution is 6.34. The van der Waals surface area contributed by atoms with Crippen molar-refractivity contribution in [1.29, 1.82) is 0 Å². The summed E-state index contributed by atoms with van der Waals surface area (Å²) in [5, 5.41) is 1.17. The van der Waals surface area contributed by atoms with Crippen LogP contribution in [0.5, 0.6) is 0 Å². The third-order valence-corrected chi connectivity index (χ3v) is 5.08. The number of carbonyl (C=O) groups is 1. The number of piperazine rings is 1. The highest BCUT2D eigenvalue weighted by Gasteiger charge is 2.23. The van der Waals surface area contributed by atoms with Gasteiger partial charge in [-0.3, -0.25) is 9.69 Å². The lowest BCUT2D eigenvalue weighted by Gasteiger charge is -2.35. The molecule has 1 saturated heterocycles. The molecule has 0 bridgehead atoms. The molecule has 0 unspecified atom stereocenters. The third kappa shape index (κ3) is 4.66. The minimum absolute atomic E-state index is 0.0256. The average molecular weight is 378 g/mol. The Morgan fingerprint density at radius 1 is 1.00 bits per heavy atom. The Kier molecular flexibility index (Phi) is 5.84. The quantitative estimate of drug-likeness (QED) is 0.828. The lowest BCUT2D eigenvalue weighted by atomic mass is 10.1. The molecule has 1 heterocycles. The van der Waals surface area contributed by atoms with E-state index < -0.39 is 0 Å². The summed E-state index contributed by atoms with van der Waals surface area (Å²) in [6.07, 6.45) is 0.981. The normalized spacial score (nSPS) is 15.4. The first-order chi connectivity index (χ1) is 12.0. The van der Waals surface area contributed by atoms with E-state index in [2.05, 4.69) is 17.0 Å². The molecule has 3 rings (SSSR count). The minimum Gasteiger partial charge on any atom is -0.399 e. The number of hydrogen-bond donors (Lipinski definition) is 1. The molecule has 2 aromatic rings. The zero-order valence-corrected chi connectivity index (χ0v) is 15.4. The molecule has 25 heavy (non-hydrogen) atoms. The number of amides is 1. The molecule has 1 fully saturated rings. The second kappa shape index (κ2) is 8.09. The molecule has 1 aliphatic heterocycles. The van der Waals surface area contributed by atoms with Crippen LogP contribution in [0.15, 0.2) is 42.5 Å². The first-order valence-electron chi connectivity index (χ1n) is 8.34. The van der Waals surface area contributed by atoms with E-state index in [1.807, 2.05) is 17.0 Å². The molecule has 6 heteroatoms. The van der Waals surface area contributed by atoms with Gasteiger partial charge in [0.25, 0.3) is 5.91 Å². The Balaban J connectivity index is 1.51. The van der Waals surface area contributed by atoms with E-state index in [4.69, 9.17) is 28.9 Å². The Morgan fingerprint density at radius 2 is 1.68 bits per heavy atom. The molecule has 1 amide bonds. The van der Waals surface area contributed by atoms with Gasteiger partial charge in [0, 0.05) is 43.4 Å². The predicted octanol–water partition coefficient (Wildman–Crippen LogP) is 3.58. The molecule has 0 aromatic heterocycles. The maximum absolute atomic E-state index is 12.6. The van der Waals surface area contributed by atoms with Crippen molar-refractivity contribution < 1.29 is 4.79 Å². The Bertz CT molecular complexity index is 741. The molecule has 0 spiro atoms. The summed E-state index contributed by atoms with van der Waals surface area (Å²) in [6.45, 7) is 4.13. The van der Waals surface area contributed by atoms with Crippen LogP contribution >= 0.6 is 23.2 Å². The third-order valence-electron chi connectivity index (χ3n) is 4.51. The van der Waals surface area contributed by atoms with E-state index in [0.29, 0.717) is 29.4 Å². The number of benzene rings is 2. The number of halogens is 2.